The van der Waals surface area contributed by atoms with Gasteiger partial charge in [0.1, 0.15) is 17.7 Å². The second-order valence-corrected chi connectivity index (χ2v) is 16.4. The molecular weight excluding hydrogens is 673 g/mol. The Hall–Kier alpha value is -4.04. The summed E-state index contributed by atoms with van der Waals surface area (Å²) in [7, 11) is 0. The van der Waals surface area contributed by atoms with Crippen LogP contribution in [0.5, 0.6) is 0 Å². The normalized spacial score (nSPS) is 19.4. The molecule has 2 unspecified atom stereocenters. The van der Waals surface area contributed by atoms with Crippen molar-refractivity contribution in [3.63, 3.8) is 0 Å². The maximum Gasteiger partial charge on any atom is 0.410 e. The molecule has 4 atom stereocenters. The van der Waals surface area contributed by atoms with Crippen LogP contribution in [0.15, 0.2) is 29.8 Å². The van der Waals surface area contributed by atoms with Gasteiger partial charge in [-0.1, -0.05) is 45.0 Å². The summed E-state index contributed by atoms with van der Waals surface area (Å²) in [4.78, 5) is 75.9. The molecule has 2 aromatic rings. The van der Waals surface area contributed by atoms with Crippen molar-refractivity contribution in [2.45, 2.75) is 111 Å². The number of β-amino-alcohol motifs (C(OH)–C–C–N with tert-alkyl or cyclic N) is 1. The number of aromatic nitrogens is 1. The first-order chi connectivity index (χ1) is 23.8. The Labute approximate surface area is 305 Å². The lowest BCUT2D eigenvalue weighted by Crippen LogP contribution is -2.57. The average molecular weight is 727 g/mol. The summed E-state index contributed by atoms with van der Waals surface area (Å²) in [6.07, 6.45) is -0.709. The van der Waals surface area contributed by atoms with E-state index in [1.807, 2.05) is 85.2 Å². The zero-order valence-electron chi connectivity index (χ0n) is 31.2. The van der Waals surface area contributed by atoms with Crippen molar-refractivity contribution in [3.8, 4) is 10.4 Å². The summed E-state index contributed by atoms with van der Waals surface area (Å²) in [5.74, 6) is -1.30. The number of piperazine rings is 1. The predicted molar refractivity (Wildman–Crippen MR) is 195 cm³/mol. The molecule has 0 spiro atoms. The third-order valence-corrected chi connectivity index (χ3v) is 10.1. The average Bonchev–Trinajstić information content (AvgIpc) is 3.67. The van der Waals surface area contributed by atoms with Gasteiger partial charge in [-0.3, -0.25) is 19.2 Å². The standard InChI is InChI=1S/C37H54N6O7S/c1-23(25-12-14-26(15-13-25)31-24(2)38-22-51-31)39-33(47)28-20-27(44)21-43(28)34(48)32(36(3,4)5)40-29(45)10-9-11-30(46)41-16-18-42(19-17-41)35(49)50-37(6,7)8/h12-15,22-23,27-28,32,44H,9-11,16-21H2,1-8H3,(H,39,47)(H,40,45)/t23?,27-,28+,32?/m1/s1. The number of rotatable bonds is 10. The Morgan fingerprint density at radius 1 is 0.961 bits per heavy atom. The van der Waals surface area contributed by atoms with Gasteiger partial charge in [-0.15, -0.1) is 11.3 Å². The van der Waals surface area contributed by atoms with Gasteiger partial charge in [-0.25, -0.2) is 9.78 Å². The molecule has 14 heteroatoms. The van der Waals surface area contributed by atoms with Gasteiger partial charge in [0.15, 0.2) is 0 Å². The van der Waals surface area contributed by atoms with Gasteiger partial charge in [0.05, 0.1) is 28.2 Å². The number of nitrogens with one attached hydrogen (secondary N) is 2. The summed E-state index contributed by atoms with van der Waals surface area (Å²) in [5, 5.41) is 16.4. The number of benzene rings is 1. The van der Waals surface area contributed by atoms with Crippen LogP contribution >= 0.6 is 11.3 Å². The fraction of sp³-hybridized carbons (Fsp3) is 0.622. The third kappa shape index (κ3) is 10.7. The molecule has 51 heavy (non-hydrogen) atoms. The number of thiazole rings is 1. The van der Waals surface area contributed by atoms with E-state index in [4.69, 9.17) is 4.74 Å². The highest BCUT2D eigenvalue weighted by Crippen LogP contribution is 2.29. The smallest absolute Gasteiger partial charge is 0.410 e. The molecule has 0 saturated carbocycles. The summed E-state index contributed by atoms with van der Waals surface area (Å²) < 4.78 is 5.42. The highest BCUT2D eigenvalue weighted by Gasteiger charge is 2.44. The summed E-state index contributed by atoms with van der Waals surface area (Å²) >= 11 is 1.57. The molecule has 2 saturated heterocycles. The zero-order valence-corrected chi connectivity index (χ0v) is 32.0. The van der Waals surface area contributed by atoms with Crippen LogP contribution in [0.2, 0.25) is 0 Å². The molecule has 0 radical (unpaired) electrons. The Bertz CT molecular complexity index is 1560. The van der Waals surface area contributed by atoms with E-state index >= 15 is 0 Å². The van der Waals surface area contributed by atoms with E-state index < -0.39 is 41.2 Å². The second kappa shape index (κ2) is 16.5. The van der Waals surface area contributed by atoms with E-state index in [1.54, 1.807) is 21.1 Å². The first-order valence-electron chi connectivity index (χ1n) is 17.7. The molecule has 2 aliphatic rings. The van der Waals surface area contributed by atoms with E-state index in [0.29, 0.717) is 26.2 Å². The van der Waals surface area contributed by atoms with Crippen molar-refractivity contribution in [3.05, 3.63) is 41.0 Å². The highest BCUT2D eigenvalue weighted by molar-refractivity contribution is 7.13. The number of hydrogen-bond donors (Lipinski definition) is 3. The SMILES string of the molecule is Cc1ncsc1-c1ccc(C(C)NC(=O)[C@@H]2C[C@@H](O)CN2C(=O)C(NC(=O)CCCC(=O)N2CCN(C(=O)OC(C)(C)C)CC2)C(C)(C)C)cc1. The number of amides is 5. The topological polar surface area (TPSA) is 161 Å². The number of hydrogen-bond acceptors (Lipinski definition) is 9. The molecule has 13 nitrogen and oxygen atoms in total. The van der Waals surface area contributed by atoms with Crippen molar-refractivity contribution in [1.82, 2.24) is 30.3 Å². The van der Waals surface area contributed by atoms with Crippen molar-refractivity contribution < 1.29 is 33.8 Å². The van der Waals surface area contributed by atoms with E-state index in [9.17, 15) is 29.1 Å². The molecule has 4 rings (SSSR count). The molecule has 2 aliphatic heterocycles. The maximum atomic E-state index is 14.0. The molecule has 1 aromatic heterocycles. The van der Waals surface area contributed by atoms with Crippen molar-refractivity contribution in [1.29, 1.82) is 0 Å². The summed E-state index contributed by atoms with van der Waals surface area (Å²) in [5.41, 5.74) is 3.42. The van der Waals surface area contributed by atoms with Crippen molar-refractivity contribution in [2.75, 3.05) is 32.7 Å². The fourth-order valence-electron chi connectivity index (χ4n) is 6.27. The van der Waals surface area contributed by atoms with Gasteiger partial charge in [0.2, 0.25) is 23.6 Å². The van der Waals surface area contributed by atoms with Crippen LogP contribution in [0, 0.1) is 12.3 Å². The monoisotopic (exact) mass is 726 g/mol. The molecule has 1 aromatic carbocycles. The lowest BCUT2D eigenvalue weighted by Gasteiger charge is -2.36. The van der Waals surface area contributed by atoms with Crippen LogP contribution < -0.4 is 10.6 Å². The molecule has 5 amide bonds. The number of carbonyl (C=O) groups excluding carboxylic acids is 5. The number of aliphatic hydroxyl groups is 1. The lowest BCUT2D eigenvalue weighted by molar-refractivity contribution is -0.144. The van der Waals surface area contributed by atoms with Crippen LogP contribution in [0.3, 0.4) is 0 Å². The van der Waals surface area contributed by atoms with Gasteiger partial charge in [-0.05, 0) is 57.6 Å². The van der Waals surface area contributed by atoms with Gasteiger partial charge in [0, 0.05) is 52.0 Å². The Morgan fingerprint density at radius 2 is 1.59 bits per heavy atom. The summed E-state index contributed by atoms with van der Waals surface area (Å²) in [6.45, 7) is 16.3. The number of ether oxygens (including phenoxy) is 1. The molecule has 0 bridgehead atoms. The number of carbonyl (C=O) groups is 5. The first-order valence-corrected chi connectivity index (χ1v) is 18.6. The van der Waals surface area contributed by atoms with Crippen LogP contribution in [-0.4, -0.2) is 111 Å². The van der Waals surface area contributed by atoms with E-state index in [1.165, 1.54) is 4.90 Å². The van der Waals surface area contributed by atoms with Gasteiger partial charge in [-0.2, -0.15) is 0 Å². The van der Waals surface area contributed by atoms with Crippen molar-refractivity contribution >= 4 is 41.1 Å². The van der Waals surface area contributed by atoms with E-state index in [2.05, 4.69) is 15.6 Å². The van der Waals surface area contributed by atoms with E-state index in [0.717, 1.165) is 21.7 Å². The Kier molecular flexibility index (Phi) is 12.9. The molecule has 3 heterocycles. The minimum atomic E-state index is -0.956. The predicted octanol–water partition coefficient (Wildman–Crippen LogP) is 4.04. The number of aryl methyl sites for hydroxylation is 1. The van der Waals surface area contributed by atoms with Crippen LogP contribution in [0.1, 0.15) is 91.4 Å². The molecule has 2 fully saturated rings. The van der Waals surface area contributed by atoms with Crippen LogP contribution in [0.4, 0.5) is 4.79 Å². The maximum absolute atomic E-state index is 14.0. The Morgan fingerprint density at radius 3 is 2.16 bits per heavy atom. The zero-order chi connectivity index (χ0) is 37.7. The minimum Gasteiger partial charge on any atom is -0.444 e. The quantitative estimate of drug-likeness (QED) is 0.331. The van der Waals surface area contributed by atoms with Crippen molar-refractivity contribution in [2.24, 2.45) is 5.41 Å². The Balaban J connectivity index is 1.29. The van der Waals surface area contributed by atoms with Gasteiger partial charge >= 0.3 is 6.09 Å². The van der Waals surface area contributed by atoms with Crippen LogP contribution in [0.25, 0.3) is 10.4 Å². The van der Waals surface area contributed by atoms with E-state index in [-0.39, 0.29) is 56.0 Å². The molecular formula is C37H54N6O7S. The number of aliphatic hydroxyl groups excluding tert-OH is 1. The summed E-state index contributed by atoms with van der Waals surface area (Å²) in [6, 6.07) is 5.70. The molecule has 3 N–H and O–H groups in total. The largest absolute Gasteiger partial charge is 0.444 e. The molecule has 280 valence electrons. The highest BCUT2D eigenvalue weighted by atomic mass is 32.1. The van der Waals surface area contributed by atoms with Crippen LogP contribution in [-0.2, 0) is 23.9 Å². The van der Waals surface area contributed by atoms with Gasteiger partial charge in [0.25, 0.3) is 0 Å². The van der Waals surface area contributed by atoms with Gasteiger partial charge < -0.3 is 35.2 Å². The lowest BCUT2D eigenvalue weighted by atomic mass is 9.85. The second-order valence-electron chi connectivity index (χ2n) is 15.6. The number of likely N-dealkylation sites (tertiary alicyclic amines) is 1. The number of nitrogens with zero attached hydrogens (tertiary/aromatic N) is 4. The third-order valence-electron chi connectivity index (χ3n) is 9.14. The fourth-order valence-corrected chi connectivity index (χ4v) is 7.08. The molecule has 0 aliphatic carbocycles. The minimum absolute atomic E-state index is 0.0215. The first kappa shape index (κ1) is 39.7.